The van der Waals surface area contributed by atoms with Gasteiger partial charge in [0.25, 0.3) is 31.7 Å². The Morgan fingerprint density at radius 3 is 2.19 bits per heavy atom. The van der Waals surface area contributed by atoms with Gasteiger partial charge in [0.1, 0.15) is 10.9 Å². The summed E-state index contributed by atoms with van der Waals surface area (Å²) in [6.07, 6.45) is 8.69. The average molecular weight is 1320 g/mol. The van der Waals surface area contributed by atoms with Crippen LogP contribution in [0.2, 0.25) is 5.02 Å². The van der Waals surface area contributed by atoms with Crippen LogP contribution >= 0.6 is 23.4 Å². The van der Waals surface area contributed by atoms with Gasteiger partial charge in [0, 0.05) is 129 Å². The summed E-state index contributed by atoms with van der Waals surface area (Å²) in [5, 5.41) is 6.11. The van der Waals surface area contributed by atoms with Crippen LogP contribution in [0, 0.1) is 17.3 Å². The molecule has 2 atom stereocenters. The molecule has 484 valence electrons. The second-order valence-corrected chi connectivity index (χ2v) is 30.0. The van der Waals surface area contributed by atoms with Crippen LogP contribution in [0.5, 0.6) is 0 Å². The van der Waals surface area contributed by atoms with Gasteiger partial charge in [-0.05, 0) is 152 Å². The Morgan fingerprint density at radius 2 is 1.48 bits per heavy atom. The quantitative estimate of drug-likeness (QED) is 0.0242. The smallest absolute Gasteiger partial charge is 0.380 e. The lowest BCUT2D eigenvalue weighted by Gasteiger charge is -2.39. The van der Waals surface area contributed by atoms with E-state index in [9.17, 15) is 49.2 Å². The van der Waals surface area contributed by atoms with E-state index in [4.69, 9.17) is 11.6 Å². The number of thioether (sulfide) groups is 1. The maximum atomic E-state index is 14.5. The van der Waals surface area contributed by atoms with Crippen LogP contribution in [0.1, 0.15) is 122 Å². The summed E-state index contributed by atoms with van der Waals surface area (Å²) in [6.45, 7) is 13.5. The van der Waals surface area contributed by atoms with Crippen LogP contribution in [0.3, 0.4) is 0 Å². The first-order valence-electron chi connectivity index (χ1n) is 31.2. The Labute approximate surface area is 541 Å². The number of imide groups is 1. The fourth-order valence-corrected chi connectivity index (χ4v) is 15.8. The summed E-state index contributed by atoms with van der Waals surface area (Å²) < 4.78 is 99.9. The molecule has 10 rings (SSSR count). The first-order chi connectivity index (χ1) is 43.5. The zero-order chi connectivity index (χ0) is 64.5. The minimum Gasteiger partial charge on any atom is -0.380 e. The van der Waals surface area contributed by atoms with Gasteiger partial charge in [-0.2, -0.15) is 13.2 Å². The zero-order valence-electron chi connectivity index (χ0n) is 51.3. The van der Waals surface area contributed by atoms with Crippen LogP contribution in [-0.4, -0.2) is 155 Å². The summed E-state index contributed by atoms with van der Waals surface area (Å²) >= 11 is 7.67. The molecule has 23 heteroatoms. The van der Waals surface area contributed by atoms with Crippen molar-refractivity contribution in [1.82, 2.24) is 29.6 Å². The minimum atomic E-state index is -6.12. The van der Waals surface area contributed by atoms with Gasteiger partial charge in [-0.15, -0.1) is 11.8 Å². The lowest BCUT2D eigenvalue weighted by molar-refractivity contribution is -0.136. The molecule has 1 aliphatic carbocycles. The van der Waals surface area contributed by atoms with E-state index in [0.717, 1.165) is 144 Å². The predicted molar refractivity (Wildman–Crippen MR) is 350 cm³/mol. The largest absolute Gasteiger partial charge is 0.501 e. The number of piperidine rings is 1. The summed E-state index contributed by atoms with van der Waals surface area (Å²) in [4.78, 5) is 60.6. The number of allylic oxidation sites excluding steroid dienone is 1. The Morgan fingerprint density at radius 1 is 0.791 bits per heavy atom. The number of benzene rings is 5. The van der Waals surface area contributed by atoms with E-state index >= 15 is 0 Å². The molecule has 4 amide bonds. The number of rotatable bonds is 23. The van der Waals surface area contributed by atoms with Crippen LogP contribution in [0.15, 0.2) is 136 Å². The monoisotopic (exact) mass is 1320 g/mol. The van der Waals surface area contributed by atoms with Gasteiger partial charge in [0.2, 0.25) is 11.8 Å². The van der Waals surface area contributed by atoms with Crippen molar-refractivity contribution in [2.45, 2.75) is 123 Å². The number of carbonyl (C=O) groups is 4. The number of nitrogens with zero attached hydrogens (tertiary/aromatic N) is 5. The molecule has 0 saturated carbocycles. The standard InChI is InChI=1S/C68H78ClF3N8O8S3/c1-67(2)32-30-57(49-18-22-52(69)23-19-49)51(44-67)45-78-39-41-79(42-40-78)54-24-20-50(21-25-54)64(82)75-91(87,88)56-26-27-60(62(43-56)90(85,86)68(70,71)72)73-53(47-89-55-15-9-7-10-16-55)31-34-77-37-35-76(36-38-77)33-11-6-4-3-5-8-13-48-14-12-17-58-59(48)46-80(66(58)84)61-28-29-63(81)74-65(61)83/h7,9-10,12,14-27,43,53,61,73H,3-6,11,28-42,44-47H2,1-2H3,(H,75,82)(H,74,81,83)/t53-,61?/m1/s1. The number of alkyl halides is 3. The third-order valence-electron chi connectivity index (χ3n) is 17.9. The number of unbranched alkanes of at least 4 members (excludes halogenated alkanes) is 4. The van der Waals surface area contributed by atoms with E-state index < -0.39 is 64.7 Å². The number of fused-ring (bicyclic) bond motifs is 1. The molecule has 16 nitrogen and oxygen atoms in total. The second kappa shape index (κ2) is 29.5. The van der Waals surface area contributed by atoms with Gasteiger partial charge < -0.3 is 24.9 Å². The van der Waals surface area contributed by atoms with Gasteiger partial charge in [0.05, 0.1) is 10.6 Å². The van der Waals surface area contributed by atoms with Crippen molar-refractivity contribution >= 4 is 83.8 Å². The summed E-state index contributed by atoms with van der Waals surface area (Å²) in [5.74, 6) is 4.81. The van der Waals surface area contributed by atoms with Crippen molar-refractivity contribution < 1.29 is 49.2 Å². The average Bonchev–Trinajstić information content (AvgIpc) is 1.86. The van der Waals surface area contributed by atoms with Crippen molar-refractivity contribution in [3.63, 3.8) is 0 Å². The van der Waals surface area contributed by atoms with E-state index in [1.807, 2.05) is 53.3 Å². The van der Waals surface area contributed by atoms with Gasteiger partial charge >= 0.3 is 5.51 Å². The molecule has 5 aliphatic rings. The fourth-order valence-electron chi connectivity index (χ4n) is 12.7. The van der Waals surface area contributed by atoms with Crippen LogP contribution < -0.4 is 20.3 Å². The number of carbonyl (C=O) groups excluding carboxylic acids is 4. The number of anilines is 2. The lowest BCUT2D eigenvalue weighted by Crippen LogP contribution is -2.52. The summed E-state index contributed by atoms with van der Waals surface area (Å²) in [6, 6.07) is 30.6. The van der Waals surface area contributed by atoms with Gasteiger partial charge in [-0.1, -0.05) is 92.1 Å². The number of amides is 4. The molecule has 5 aromatic rings. The van der Waals surface area contributed by atoms with Crippen molar-refractivity contribution in [1.29, 1.82) is 0 Å². The van der Waals surface area contributed by atoms with Crippen LogP contribution in [0.4, 0.5) is 24.5 Å². The highest BCUT2D eigenvalue weighted by Gasteiger charge is 2.49. The number of piperazine rings is 2. The molecular weight excluding hydrogens is 1250 g/mol. The number of sulfonamides is 1. The first-order valence-corrected chi connectivity index (χ1v) is 35.5. The molecule has 4 heterocycles. The van der Waals surface area contributed by atoms with E-state index in [1.165, 1.54) is 45.5 Å². The number of hydrogen-bond acceptors (Lipinski definition) is 14. The second-order valence-electron chi connectivity index (χ2n) is 24.9. The van der Waals surface area contributed by atoms with Crippen molar-refractivity contribution in [2.24, 2.45) is 5.41 Å². The molecule has 4 aliphatic heterocycles. The van der Waals surface area contributed by atoms with E-state index in [2.05, 4.69) is 68.1 Å². The number of nitrogens with one attached hydrogen (secondary N) is 3. The summed E-state index contributed by atoms with van der Waals surface area (Å²) in [7, 11) is -11.0. The third kappa shape index (κ3) is 17.1. The molecule has 5 aromatic carbocycles. The SMILES string of the molecule is CC1(C)CCC(c2ccc(Cl)cc2)=C(CN2CCN(c3ccc(C(=O)NS(=O)(=O)c4ccc(N[C@H](CCN5CCN(CCCCCCC#Cc6cccc7c6CN(C6CCC(=O)NC6=O)C7=O)CC5)CSc5ccccc5)c(S(=O)(=O)C(F)(F)F)c4)cc3)CC2)C1. The molecule has 0 aromatic heterocycles. The molecule has 0 radical (unpaired) electrons. The molecule has 3 saturated heterocycles. The normalized spacial score (nSPS) is 19.0. The van der Waals surface area contributed by atoms with Crippen molar-refractivity contribution in [3.05, 3.63) is 154 Å². The Bertz CT molecular complexity index is 3790. The Kier molecular flexibility index (Phi) is 21.8. The third-order valence-corrected chi connectivity index (χ3v) is 22.2. The van der Waals surface area contributed by atoms with E-state index in [1.54, 1.807) is 24.3 Å². The Balaban J connectivity index is 0.705. The van der Waals surface area contributed by atoms with Crippen molar-refractivity contribution in [3.8, 4) is 11.8 Å². The predicted octanol–water partition coefficient (Wildman–Crippen LogP) is 10.9. The molecule has 0 spiro atoms. The van der Waals surface area contributed by atoms with E-state index in [-0.39, 0.29) is 35.8 Å². The minimum absolute atomic E-state index is 0.0148. The van der Waals surface area contributed by atoms with Gasteiger partial charge in [0.15, 0.2) is 0 Å². The molecule has 0 bridgehead atoms. The van der Waals surface area contributed by atoms with Gasteiger partial charge in [-0.25, -0.2) is 21.6 Å². The lowest BCUT2D eigenvalue weighted by atomic mass is 9.73. The maximum absolute atomic E-state index is 14.5. The Hall–Kier alpha value is -6.71. The number of halogens is 4. The molecule has 91 heavy (non-hydrogen) atoms. The number of hydrogen-bond donors (Lipinski definition) is 3. The fraction of sp³-hybridized carbons (Fsp3) is 0.441. The summed E-state index contributed by atoms with van der Waals surface area (Å²) in [5.41, 5.74) is 0.978. The van der Waals surface area contributed by atoms with E-state index in [0.29, 0.717) is 48.2 Å². The van der Waals surface area contributed by atoms with Crippen molar-refractivity contribution in [2.75, 3.05) is 88.0 Å². The highest BCUT2D eigenvalue weighted by Crippen LogP contribution is 2.43. The molecule has 3 fully saturated rings. The van der Waals surface area contributed by atoms with Crippen LogP contribution in [-0.2, 0) is 36.0 Å². The molecular formula is C68H78ClF3N8O8S3. The zero-order valence-corrected chi connectivity index (χ0v) is 54.5. The maximum Gasteiger partial charge on any atom is 0.501 e. The highest BCUT2D eigenvalue weighted by molar-refractivity contribution is 7.99. The highest BCUT2D eigenvalue weighted by atomic mass is 35.5. The van der Waals surface area contributed by atoms with Crippen LogP contribution in [0.25, 0.3) is 5.57 Å². The number of sulfone groups is 1. The topological polar surface area (TPSA) is 189 Å². The van der Waals surface area contributed by atoms with Gasteiger partial charge in [-0.3, -0.25) is 29.4 Å². The molecule has 3 N–H and O–H groups in total. The first kappa shape index (κ1) is 67.2. The molecule has 1 unspecified atom stereocenters.